The van der Waals surface area contributed by atoms with Gasteiger partial charge in [0.15, 0.2) is 5.82 Å². The number of carbonyl (C=O) groups is 1. The van der Waals surface area contributed by atoms with Crippen molar-refractivity contribution in [3.05, 3.63) is 41.6 Å². The van der Waals surface area contributed by atoms with Gasteiger partial charge in [0.2, 0.25) is 0 Å². The van der Waals surface area contributed by atoms with Crippen molar-refractivity contribution in [2.45, 2.75) is 13.3 Å². The van der Waals surface area contributed by atoms with Crippen molar-refractivity contribution in [3.8, 4) is 11.8 Å². The summed E-state index contributed by atoms with van der Waals surface area (Å²) in [5.41, 5.74) is 6.86. The highest BCUT2D eigenvalue weighted by Crippen LogP contribution is 2.23. The van der Waals surface area contributed by atoms with E-state index in [9.17, 15) is 10.1 Å². The Balaban J connectivity index is 2.63. The van der Waals surface area contributed by atoms with Gasteiger partial charge in [-0.05, 0) is 18.6 Å². The molecule has 0 spiro atoms. The summed E-state index contributed by atoms with van der Waals surface area (Å²) in [5, 5.41) is 16.0. The first-order chi connectivity index (χ1) is 9.17. The molecule has 1 aromatic carbocycles. The Bertz CT molecular complexity index is 639. The molecule has 96 valence electrons. The molecule has 0 saturated carbocycles. The number of carbonyl (C=O) groups excluding carboxylic acids is 1. The Morgan fingerprint density at radius 3 is 2.68 bits per heavy atom. The second kappa shape index (κ2) is 5.23. The quantitative estimate of drug-likeness (QED) is 0.875. The van der Waals surface area contributed by atoms with Crippen molar-refractivity contribution in [2.24, 2.45) is 5.73 Å². The van der Waals surface area contributed by atoms with E-state index in [1.165, 1.54) is 4.68 Å². The molecule has 6 heteroatoms. The average Bonchev–Trinajstić information content (AvgIpc) is 2.76. The molecule has 2 rings (SSSR count). The van der Waals surface area contributed by atoms with E-state index in [0.717, 1.165) is 5.69 Å². The number of primary amides is 1. The van der Waals surface area contributed by atoms with Gasteiger partial charge in [-0.1, -0.05) is 25.1 Å². The van der Waals surface area contributed by atoms with Crippen LogP contribution in [0.5, 0.6) is 0 Å². The summed E-state index contributed by atoms with van der Waals surface area (Å²) in [6, 6.07) is 10.6. The zero-order chi connectivity index (χ0) is 13.8. The molecule has 2 aromatic rings. The van der Waals surface area contributed by atoms with E-state index in [2.05, 4.69) is 16.5 Å². The lowest BCUT2D eigenvalue weighted by molar-refractivity contribution is 0.259. The maximum atomic E-state index is 11.1. The number of rotatable bonds is 3. The number of para-hydroxylation sites is 1. The van der Waals surface area contributed by atoms with E-state index in [4.69, 9.17) is 5.73 Å². The van der Waals surface area contributed by atoms with Gasteiger partial charge >= 0.3 is 6.03 Å². The topological polar surface area (TPSA) is 96.7 Å². The second-order valence-corrected chi connectivity index (χ2v) is 3.87. The zero-order valence-electron chi connectivity index (χ0n) is 10.4. The third-order valence-electron chi connectivity index (χ3n) is 2.65. The largest absolute Gasteiger partial charge is 0.351 e. The molecule has 19 heavy (non-hydrogen) atoms. The molecular formula is C13H13N5O. The van der Waals surface area contributed by atoms with Crippen molar-refractivity contribution in [2.75, 3.05) is 5.32 Å². The van der Waals surface area contributed by atoms with Gasteiger partial charge in [0.1, 0.15) is 11.6 Å². The number of amides is 2. The van der Waals surface area contributed by atoms with Crippen molar-refractivity contribution < 1.29 is 4.79 Å². The number of nitrogens with two attached hydrogens (primary N) is 1. The van der Waals surface area contributed by atoms with Crippen LogP contribution < -0.4 is 11.1 Å². The smallest absolute Gasteiger partial charge is 0.317 e. The van der Waals surface area contributed by atoms with Crippen molar-refractivity contribution in [1.82, 2.24) is 9.78 Å². The molecule has 0 aliphatic heterocycles. The molecule has 0 fully saturated rings. The van der Waals surface area contributed by atoms with Crippen molar-refractivity contribution in [1.29, 1.82) is 5.26 Å². The van der Waals surface area contributed by atoms with E-state index in [1.807, 2.05) is 37.3 Å². The van der Waals surface area contributed by atoms with Crippen LogP contribution in [0.1, 0.15) is 18.2 Å². The van der Waals surface area contributed by atoms with Gasteiger partial charge in [-0.15, -0.1) is 0 Å². The number of urea groups is 1. The average molecular weight is 255 g/mol. The van der Waals surface area contributed by atoms with Gasteiger partial charge < -0.3 is 5.73 Å². The van der Waals surface area contributed by atoms with Gasteiger partial charge in [0.25, 0.3) is 0 Å². The van der Waals surface area contributed by atoms with E-state index in [0.29, 0.717) is 23.5 Å². The highest BCUT2D eigenvalue weighted by molar-refractivity contribution is 5.89. The molecule has 0 bridgehead atoms. The zero-order valence-corrected chi connectivity index (χ0v) is 10.4. The molecule has 1 heterocycles. The first-order valence-corrected chi connectivity index (χ1v) is 5.81. The number of hydrogen-bond acceptors (Lipinski definition) is 3. The van der Waals surface area contributed by atoms with Crippen LogP contribution in [0.4, 0.5) is 10.6 Å². The lowest BCUT2D eigenvalue weighted by atomic mass is 10.2. The lowest BCUT2D eigenvalue weighted by Crippen LogP contribution is -2.22. The third-order valence-corrected chi connectivity index (χ3v) is 2.65. The van der Waals surface area contributed by atoms with Crippen LogP contribution in [0.2, 0.25) is 0 Å². The second-order valence-electron chi connectivity index (χ2n) is 3.87. The number of nitrogens with zero attached hydrogens (tertiary/aromatic N) is 3. The van der Waals surface area contributed by atoms with Gasteiger partial charge in [0, 0.05) is 0 Å². The van der Waals surface area contributed by atoms with Crippen LogP contribution in [0.25, 0.3) is 5.69 Å². The summed E-state index contributed by atoms with van der Waals surface area (Å²) < 4.78 is 1.52. The maximum absolute atomic E-state index is 11.1. The Hall–Kier alpha value is -2.81. The third kappa shape index (κ3) is 2.40. The number of hydrogen-bond donors (Lipinski definition) is 2. The molecule has 0 saturated heterocycles. The molecule has 0 atom stereocenters. The SMILES string of the molecule is CCc1nn(-c2ccccc2)c(NC(N)=O)c1C#N. The Labute approximate surface area is 110 Å². The standard InChI is InChI=1S/C13H13N5O/c1-2-11-10(8-14)12(16-13(15)19)18(17-11)9-6-4-3-5-7-9/h3-7H,2H2,1H3,(H3,15,16,19). The first kappa shape index (κ1) is 12.6. The fourth-order valence-corrected chi connectivity index (χ4v) is 1.82. The first-order valence-electron chi connectivity index (χ1n) is 5.81. The highest BCUT2D eigenvalue weighted by Gasteiger charge is 2.18. The maximum Gasteiger partial charge on any atom is 0.317 e. The van der Waals surface area contributed by atoms with E-state index in [-0.39, 0.29) is 0 Å². The van der Waals surface area contributed by atoms with Gasteiger partial charge in [-0.2, -0.15) is 10.4 Å². The van der Waals surface area contributed by atoms with Gasteiger partial charge in [-0.25, -0.2) is 9.48 Å². The Morgan fingerprint density at radius 2 is 2.16 bits per heavy atom. The van der Waals surface area contributed by atoms with Crippen molar-refractivity contribution in [3.63, 3.8) is 0 Å². The molecular weight excluding hydrogens is 242 g/mol. The summed E-state index contributed by atoms with van der Waals surface area (Å²) in [4.78, 5) is 11.1. The number of anilines is 1. The normalized spacial score (nSPS) is 9.89. The van der Waals surface area contributed by atoms with E-state index < -0.39 is 6.03 Å². The summed E-state index contributed by atoms with van der Waals surface area (Å²) in [6.07, 6.45) is 0.593. The molecule has 1 aromatic heterocycles. The molecule has 2 amide bonds. The Morgan fingerprint density at radius 1 is 1.47 bits per heavy atom. The Kier molecular flexibility index (Phi) is 3.48. The lowest BCUT2D eigenvalue weighted by Gasteiger charge is -2.07. The number of benzene rings is 1. The van der Waals surface area contributed by atoms with Crippen LogP contribution in [0, 0.1) is 11.3 Å². The van der Waals surface area contributed by atoms with Gasteiger partial charge in [-0.3, -0.25) is 5.32 Å². The molecule has 0 unspecified atom stereocenters. The van der Waals surface area contributed by atoms with Crippen LogP contribution in [0.3, 0.4) is 0 Å². The minimum atomic E-state index is -0.726. The minimum Gasteiger partial charge on any atom is -0.351 e. The summed E-state index contributed by atoms with van der Waals surface area (Å²) in [7, 11) is 0. The molecule has 0 aliphatic carbocycles. The summed E-state index contributed by atoms with van der Waals surface area (Å²) in [6.45, 7) is 1.90. The molecule has 3 N–H and O–H groups in total. The number of nitriles is 1. The minimum absolute atomic E-state index is 0.304. The fourth-order valence-electron chi connectivity index (χ4n) is 1.82. The molecule has 0 aliphatic rings. The number of aryl methyl sites for hydroxylation is 1. The van der Waals surface area contributed by atoms with E-state index >= 15 is 0 Å². The van der Waals surface area contributed by atoms with Crippen LogP contribution in [-0.2, 0) is 6.42 Å². The number of nitrogens with one attached hydrogen (secondary N) is 1. The summed E-state index contributed by atoms with van der Waals surface area (Å²) >= 11 is 0. The van der Waals surface area contributed by atoms with E-state index in [1.54, 1.807) is 0 Å². The predicted molar refractivity (Wildman–Crippen MR) is 70.9 cm³/mol. The number of aromatic nitrogens is 2. The van der Waals surface area contributed by atoms with Gasteiger partial charge in [0.05, 0.1) is 11.4 Å². The fraction of sp³-hybridized carbons (Fsp3) is 0.154. The van der Waals surface area contributed by atoms with Crippen LogP contribution in [-0.4, -0.2) is 15.8 Å². The van der Waals surface area contributed by atoms with Crippen LogP contribution >= 0.6 is 0 Å². The highest BCUT2D eigenvalue weighted by atomic mass is 16.2. The van der Waals surface area contributed by atoms with Crippen LogP contribution in [0.15, 0.2) is 30.3 Å². The predicted octanol–water partition coefficient (Wildman–Crippen LogP) is 1.80. The van der Waals surface area contributed by atoms with Crippen molar-refractivity contribution >= 4 is 11.8 Å². The molecule has 0 radical (unpaired) electrons. The monoisotopic (exact) mass is 255 g/mol. The summed E-state index contributed by atoms with van der Waals surface area (Å²) in [5.74, 6) is 0.304. The molecule has 6 nitrogen and oxygen atoms in total.